The molecule has 2 aromatic rings. The molecule has 1 saturated heterocycles. The highest BCUT2D eigenvalue weighted by Crippen LogP contribution is 2.31. The second-order valence-electron chi connectivity index (χ2n) is 7.85. The molecule has 0 bridgehead atoms. The van der Waals surface area contributed by atoms with Crippen LogP contribution in [0, 0.1) is 5.92 Å². The summed E-state index contributed by atoms with van der Waals surface area (Å²) in [6.07, 6.45) is 2.67. The summed E-state index contributed by atoms with van der Waals surface area (Å²) < 4.78 is 0. The third-order valence-electron chi connectivity index (χ3n) is 5.66. The van der Waals surface area contributed by atoms with Gasteiger partial charge in [0.2, 0.25) is 5.91 Å². The Kier molecular flexibility index (Phi) is 5.78. The number of piperidine rings is 1. The lowest BCUT2D eigenvalue weighted by molar-refractivity contribution is -0.116. The van der Waals surface area contributed by atoms with Crippen LogP contribution in [0.15, 0.2) is 36.2 Å². The Morgan fingerprint density at radius 1 is 1.28 bits per heavy atom. The fraction of sp³-hybridized carbons (Fsp3) is 0.409. The van der Waals surface area contributed by atoms with Gasteiger partial charge >= 0.3 is 0 Å². The summed E-state index contributed by atoms with van der Waals surface area (Å²) in [7, 11) is 0. The van der Waals surface area contributed by atoms with Crippen molar-refractivity contribution in [1.82, 2.24) is 14.8 Å². The van der Waals surface area contributed by atoms with Crippen LogP contribution >= 0.6 is 11.3 Å². The van der Waals surface area contributed by atoms with Crippen molar-refractivity contribution in [3.63, 3.8) is 0 Å². The molecule has 4 rings (SSSR count). The molecule has 1 aromatic heterocycles. The number of carbonyl (C=O) groups is 2. The van der Waals surface area contributed by atoms with E-state index in [1.54, 1.807) is 11.0 Å². The van der Waals surface area contributed by atoms with Crippen LogP contribution in [0.25, 0.3) is 5.70 Å². The number of benzene rings is 1. The van der Waals surface area contributed by atoms with Gasteiger partial charge in [-0.1, -0.05) is 31.7 Å². The molecule has 152 valence electrons. The van der Waals surface area contributed by atoms with Crippen LogP contribution in [0.2, 0.25) is 0 Å². The van der Waals surface area contributed by atoms with E-state index in [1.165, 1.54) is 24.2 Å². The first-order chi connectivity index (χ1) is 14.0. The van der Waals surface area contributed by atoms with Crippen LogP contribution in [0.3, 0.4) is 0 Å². The molecule has 2 aliphatic heterocycles. The highest BCUT2D eigenvalue weighted by Gasteiger charge is 2.30. The van der Waals surface area contributed by atoms with Crippen molar-refractivity contribution in [3.8, 4) is 0 Å². The molecule has 3 heterocycles. The minimum atomic E-state index is -0.144. The van der Waals surface area contributed by atoms with Crippen LogP contribution in [0.5, 0.6) is 0 Å². The van der Waals surface area contributed by atoms with E-state index < -0.39 is 0 Å². The first kappa shape index (κ1) is 19.8. The van der Waals surface area contributed by atoms with Crippen molar-refractivity contribution in [2.45, 2.75) is 32.7 Å². The van der Waals surface area contributed by atoms with E-state index in [4.69, 9.17) is 0 Å². The number of nitrogens with zero attached hydrogens (tertiary/aromatic N) is 3. The second-order valence-corrected chi connectivity index (χ2v) is 8.71. The molecule has 1 aromatic carbocycles. The van der Waals surface area contributed by atoms with E-state index in [-0.39, 0.29) is 18.2 Å². The molecule has 0 atom stereocenters. The Bertz CT molecular complexity index is 895. The van der Waals surface area contributed by atoms with E-state index in [9.17, 15) is 9.59 Å². The van der Waals surface area contributed by atoms with Crippen molar-refractivity contribution in [3.05, 3.63) is 53.0 Å². The Morgan fingerprint density at radius 2 is 2.00 bits per heavy atom. The summed E-state index contributed by atoms with van der Waals surface area (Å²) in [6.45, 7) is 9.67. The van der Waals surface area contributed by atoms with Gasteiger partial charge in [-0.3, -0.25) is 14.5 Å². The third-order valence-corrected chi connectivity index (χ3v) is 6.47. The lowest BCUT2D eigenvalue weighted by Crippen LogP contribution is -2.32. The van der Waals surface area contributed by atoms with Crippen LogP contribution < -0.4 is 5.32 Å². The SMILES string of the molecule is C=C1c2ccccc2C(=O)N1CCC(=O)Nc1nc(CN2CCC(C)CC2)cs1. The Balaban J connectivity index is 1.27. The fourth-order valence-electron chi connectivity index (χ4n) is 3.85. The average Bonchev–Trinajstić information content (AvgIpc) is 3.25. The minimum absolute atomic E-state index is 0.0919. The van der Waals surface area contributed by atoms with Gasteiger partial charge in [-0.05, 0) is 37.9 Å². The van der Waals surface area contributed by atoms with Gasteiger partial charge in [0.25, 0.3) is 5.91 Å². The van der Waals surface area contributed by atoms with Crippen LogP contribution in [0.4, 0.5) is 5.13 Å². The molecule has 0 saturated carbocycles. The van der Waals surface area contributed by atoms with Gasteiger partial charge in [0, 0.05) is 41.7 Å². The molecule has 0 aliphatic carbocycles. The lowest BCUT2D eigenvalue weighted by atomic mass is 9.99. The maximum Gasteiger partial charge on any atom is 0.258 e. The van der Waals surface area contributed by atoms with Gasteiger partial charge in [0.05, 0.1) is 5.69 Å². The summed E-state index contributed by atoms with van der Waals surface area (Å²) in [4.78, 5) is 33.4. The number of amides is 2. The van der Waals surface area contributed by atoms with Crippen molar-refractivity contribution in [2.24, 2.45) is 5.92 Å². The summed E-state index contributed by atoms with van der Waals surface area (Å²) in [6, 6.07) is 7.40. The van der Waals surface area contributed by atoms with Crippen molar-refractivity contribution < 1.29 is 9.59 Å². The van der Waals surface area contributed by atoms with E-state index in [0.29, 0.717) is 22.9 Å². The average molecular weight is 411 g/mol. The predicted octanol–water partition coefficient (Wildman–Crippen LogP) is 3.83. The molecular formula is C22H26N4O2S. The minimum Gasteiger partial charge on any atom is -0.308 e. The molecule has 0 spiro atoms. The number of likely N-dealkylation sites (tertiary alicyclic amines) is 1. The number of carbonyl (C=O) groups excluding carboxylic acids is 2. The van der Waals surface area contributed by atoms with E-state index >= 15 is 0 Å². The molecule has 0 unspecified atom stereocenters. The number of aromatic nitrogens is 1. The monoisotopic (exact) mass is 410 g/mol. The van der Waals surface area contributed by atoms with Gasteiger partial charge in [0.15, 0.2) is 5.13 Å². The zero-order valence-electron chi connectivity index (χ0n) is 16.7. The number of thiazole rings is 1. The molecule has 2 amide bonds. The second kappa shape index (κ2) is 8.47. The molecule has 2 aliphatic rings. The van der Waals surface area contributed by atoms with Gasteiger partial charge < -0.3 is 10.2 Å². The summed E-state index contributed by atoms with van der Waals surface area (Å²) in [5.74, 6) is 0.572. The number of hydrogen-bond acceptors (Lipinski definition) is 5. The Labute approximate surface area is 175 Å². The van der Waals surface area contributed by atoms with E-state index in [1.807, 2.05) is 23.6 Å². The molecule has 7 heteroatoms. The van der Waals surface area contributed by atoms with Crippen LogP contribution in [-0.2, 0) is 11.3 Å². The van der Waals surface area contributed by atoms with Crippen molar-refractivity contribution in [1.29, 1.82) is 0 Å². The van der Waals surface area contributed by atoms with Gasteiger partial charge in [-0.15, -0.1) is 11.3 Å². The number of nitrogens with one attached hydrogen (secondary N) is 1. The largest absolute Gasteiger partial charge is 0.308 e. The van der Waals surface area contributed by atoms with Crippen LogP contribution in [0.1, 0.15) is 47.8 Å². The third kappa shape index (κ3) is 4.41. The molecule has 1 fully saturated rings. The van der Waals surface area contributed by atoms with E-state index in [0.717, 1.165) is 36.8 Å². The normalized spacial score (nSPS) is 17.6. The van der Waals surface area contributed by atoms with Gasteiger partial charge in [-0.2, -0.15) is 0 Å². The maximum atomic E-state index is 12.5. The molecule has 6 nitrogen and oxygen atoms in total. The van der Waals surface area contributed by atoms with Crippen LogP contribution in [-0.4, -0.2) is 46.2 Å². The quantitative estimate of drug-likeness (QED) is 0.786. The van der Waals surface area contributed by atoms with Gasteiger partial charge in [-0.25, -0.2) is 4.98 Å². The molecular weight excluding hydrogens is 384 g/mol. The number of hydrogen-bond donors (Lipinski definition) is 1. The highest BCUT2D eigenvalue weighted by atomic mass is 32.1. The standard InChI is InChI=1S/C22H26N4O2S/c1-15-7-10-25(11-8-15)13-17-14-29-22(23-17)24-20(27)9-12-26-16(2)18-5-3-4-6-19(18)21(26)28/h3-6,14-15H,2,7-13H2,1H3,(H,23,24,27). The number of fused-ring (bicyclic) bond motifs is 1. The molecule has 29 heavy (non-hydrogen) atoms. The predicted molar refractivity (Wildman–Crippen MR) is 116 cm³/mol. The van der Waals surface area contributed by atoms with Crippen molar-refractivity contribution in [2.75, 3.05) is 25.0 Å². The zero-order valence-corrected chi connectivity index (χ0v) is 17.5. The smallest absolute Gasteiger partial charge is 0.258 e. The Hall–Kier alpha value is -2.51. The fourth-order valence-corrected chi connectivity index (χ4v) is 4.57. The number of anilines is 1. The lowest BCUT2D eigenvalue weighted by Gasteiger charge is -2.29. The topological polar surface area (TPSA) is 65.5 Å². The summed E-state index contributed by atoms with van der Waals surface area (Å²) in [5.41, 5.74) is 3.15. The van der Waals surface area contributed by atoms with Gasteiger partial charge in [0.1, 0.15) is 0 Å². The van der Waals surface area contributed by atoms with E-state index in [2.05, 4.69) is 28.7 Å². The zero-order chi connectivity index (χ0) is 20.4. The first-order valence-corrected chi connectivity index (χ1v) is 11.0. The highest BCUT2D eigenvalue weighted by molar-refractivity contribution is 7.13. The molecule has 1 N–H and O–H groups in total. The first-order valence-electron chi connectivity index (χ1n) is 10.1. The summed E-state index contributed by atoms with van der Waals surface area (Å²) in [5, 5.41) is 5.49. The molecule has 0 radical (unpaired) electrons. The maximum absolute atomic E-state index is 12.5. The van der Waals surface area contributed by atoms with Crippen molar-refractivity contribution >= 4 is 34.0 Å². The number of rotatable bonds is 6. The Morgan fingerprint density at radius 3 is 2.72 bits per heavy atom. The summed E-state index contributed by atoms with van der Waals surface area (Å²) >= 11 is 1.45.